The van der Waals surface area contributed by atoms with Crippen LogP contribution in [0, 0.1) is 0 Å². The molecule has 3 heterocycles. The number of ether oxygens (including phenoxy) is 1. The van der Waals surface area contributed by atoms with Crippen molar-refractivity contribution in [3.63, 3.8) is 0 Å². The summed E-state index contributed by atoms with van der Waals surface area (Å²) < 4.78 is 5.63. The van der Waals surface area contributed by atoms with E-state index >= 15 is 0 Å². The minimum atomic E-state index is -0.191. The number of H-pyrrole nitrogens is 1. The first-order valence-corrected chi connectivity index (χ1v) is 13.1. The molecule has 12 heteroatoms. The number of nitrogens with two attached hydrogens (primary N) is 1. The van der Waals surface area contributed by atoms with Gasteiger partial charge in [0.15, 0.2) is 6.34 Å². The summed E-state index contributed by atoms with van der Waals surface area (Å²) in [6.07, 6.45) is 12.4. The molecule has 0 bridgehead atoms. The fourth-order valence-corrected chi connectivity index (χ4v) is 4.55. The number of aromatic nitrogens is 1. The summed E-state index contributed by atoms with van der Waals surface area (Å²) in [5, 5.41) is 6.25. The van der Waals surface area contributed by atoms with E-state index in [2.05, 4.69) is 15.3 Å². The molecule has 4 rings (SSSR count). The molecular formula is C28H37Cl3N6O3. The van der Waals surface area contributed by atoms with Gasteiger partial charge in [-0.2, -0.15) is 4.98 Å². The SMILES string of the molecule is CCC(=O)CCCCC[C@H](NC(=O)CC[NH+]1C=CN=C1)C1=NC=C(c2cc(OC)c3ccccc3[nH+]2)[NH2+]1.[Cl-].[Cl-].[Cl-]. The lowest BCUT2D eigenvalue weighted by molar-refractivity contribution is -0.735. The van der Waals surface area contributed by atoms with Gasteiger partial charge in [0.25, 0.3) is 5.69 Å². The Bertz CT molecular complexity index is 1250. The maximum atomic E-state index is 12.8. The fourth-order valence-electron chi connectivity index (χ4n) is 4.55. The Kier molecular flexibility index (Phi) is 15.7. The number of nitrogens with one attached hydrogen (secondary N) is 3. The normalized spacial score (nSPS) is 15.8. The van der Waals surface area contributed by atoms with Crippen molar-refractivity contribution in [3.8, 4) is 5.75 Å². The van der Waals surface area contributed by atoms with E-state index in [-0.39, 0.29) is 49.2 Å². The van der Waals surface area contributed by atoms with Crippen LogP contribution in [0.4, 0.5) is 0 Å². The largest absolute Gasteiger partial charge is 1.00 e. The molecule has 9 nitrogen and oxygen atoms in total. The van der Waals surface area contributed by atoms with Gasteiger partial charge in [-0.1, -0.05) is 31.9 Å². The standard InChI is InChI=1S/C28H34N6O3.3ClH/c1-3-20(35)9-5-4-6-12-23(32-27(36)13-15-34-16-14-29-19-34)28-30-18-25(33-28)24-17-26(37-2)21-10-7-8-11-22(21)31-24;;;/h7-8,10-11,14,16-19,23H,3-6,9,12-13,15H2,1-2H3,(H,30,33)(H,32,36);3*1H/t23-;;;/m0.../s1. The molecule has 0 saturated heterocycles. The van der Waals surface area contributed by atoms with Crippen LogP contribution in [0.1, 0.15) is 57.6 Å². The number of Topliss-reactive ketones (excluding diaryl/α,β-unsaturated/α-hetero) is 1. The van der Waals surface area contributed by atoms with Crippen molar-refractivity contribution in [3.05, 3.63) is 54.6 Å². The number of unbranched alkanes of at least 4 members (excludes halogenated alkanes) is 2. The van der Waals surface area contributed by atoms with E-state index in [0.717, 1.165) is 64.5 Å². The van der Waals surface area contributed by atoms with E-state index < -0.39 is 0 Å². The Balaban J connectivity index is 0.00000267. The first kappa shape index (κ1) is 35.2. The maximum Gasteiger partial charge on any atom is 0.271 e. The molecule has 0 spiro atoms. The van der Waals surface area contributed by atoms with Crippen LogP contribution in [0.5, 0.6) is 5.75 Å². The molecule has 218 valence electrons. The van der Waals surface area contributed by atoms with E-state index in [0.29, 0.717) is 31.6 Å². The van der Waals surface area contributed by atoms with Crippen LogP contribution in [0.3, 0.4) is 0 Å². The van der Waals surface area contributed by atoms with Gasteiger partial charge < -0.3 is 47.3 Å². The number of hydrogen-bond donors (Lipinski definition) is 3. The highest BCUT2D eigenvalue weighted by molar-refractivity contribution is 5.90. The third kappa shape index (κ3) is 9.67. The molecule has 0 aliphatic carbocycles. The lowest BCUT2D eigenvalue weighted by Crippen LogP contribution is -3.05. The molecule has 40 heavy (non-hydrogen) atoms. The molecule has 1 aromatic carbocycles. The first-order chi connectivity index (χ1) is 18.1. The van der Waals surface area contributed by atoms with E-state index in [4.69, 9.17) is 9.73 Å². The van der Waals surface area contributed by atoms with Gasteiger partial charge in [-0.15, -0.1) is 0 Å². The molecule has 2 aromatic rings. The number of methoxy groups -OCH3 is 1. The zero-order valence-corrected chi connectivity index (χ0v) is 25.0. The molecule has 2 aliphatic heterocycles. The van der Waals surface area contributed by atoms with Gasteiger partial charge >= 0.3 is 0 Å². The zero-order chi connectivity index (χ0) is 26.0. The Labute approximate surface area is 253 Å². The van der Waals surface area contributed by atoms with E-state index in [9.17, 15) is 9.59 Å². The molecule has 0 saturated carbocycles. The number of benzene rings is 1. The van der Waals surface area contributed by atoms with Crippen molar-refractivity contribution in [2.75, 3.05) is 13.7 Å². The number of nitrogens with zero attached hydrogens (tertiary/aromatic N) is 2. The number of hydrogen-bond acceptors (Lipinski definition) is 5. The Morgan fingerprint density at radius 3 is 2.65 bits per heavy atom. The number of para-hydroxylation sites is 1. The fraction of sp³-hybridized carbons (Fsp3) is 0.393. The number of amidine groups is 1. The summed E-state index contributed by atoms with van der Waals surface area (Å²) in [4.78, 5) is 37.7. The minimum absolute atomic E-state index is 0. The van der Waals surface area contributed by atoms with Crippen LogP contribution in [-0.2, 0) is 9.59 Å². The van der Waals surface area contributed by atoms with Gasteiger partial charge in [-0.3, -0.25) is 19.8 Å². The highest BCUT2D eigenvalue weighted by atomic mass is 35.5. The van der Waals surface area contributed by atoms with Crippen LogP contribution < -0.4 is 62.5 Å². The second-order valence-corrected chi connectivity index (χ2v) is 9.36. The molecular weight excluding hydrogens is 575 g/mol. The Hall–Kier alpha value is -2.82. The second kappa shape index (κ2) is 17.8. The number of carbonyl (C=O) groups is 2. The second-order valence-electron chi connectivity index (χ2n) is 9.36. The number of halogens is 3. The average molecular weight is 612 g/mol. The van der Waals surface area contributed by atoms with Gasteiger partial charge in [-0.25, -0.2) is 9.98 Å². The number of amides is 1. The third-order valence-electron chi connectivity index (χ3n) is 6.72. The molecule has 2 aliphatic rings. The highest BCUT2D eigenvalue weighted by Gasteiger charge is 2.30. The van der Waals surface area contributed by atoms with Crippen molar-refractivity contribution in [1.82, 2.24) is 5.32 Å². The molecule has 5 N–H and O–H groups in total. The monoisotopic (exact) mass is 610 g/mol. The van der Waals surface area contributed by atoms with E-state index in [1.54, 1.807) is 19.6 Å². The average Bonchev–Trinajstić information content (AvgIpc) is 3.63. The summed E-state index contributed by atoms with van der Waals surface area (Å²) in [6, 6.07) is 9.81. The van der Waals surface area contributed by atoms with Crippen molar-refractivity contribution in [2.24, 2.45) is 9.98 Å². The van der Waals surface area contributed by atoms with Gasteiger partial charge in [-0.05, 0) is 18.9 Å². The highest BCUT2D eigenvalue weighted by Crippen LogP contribution is 2.24. The van der Waals surface area contributed by atoms with Gasteiger partial charge in [0.05, 0.1) is 37.7 Å². The number of aromatic amines is 1. The topological polar surface area (TPSA) is 115 Å². The van der Waals surface area contributed by atoms with Crippen molar-refractivity contribution in [1.29, 1.82) is 0 Å². The predicted molar refractivity (Wildman–Crippen MR) is 143 cm³/mol. The zero-order valence-electron chi connectivity index (χ0n) is 22.8. The lowest BCUT2D eigenvalue weighted by Gasteiger charge is -2.17. The summed E-state index contributed by atoms with van der Waals surface area (Å²) >= 11 is 0. The van der Waals surface area contributed by atoms with Gasteiger partial charge in [0, 0.05) is 18.9 Å². The third-order valence-corrected chi connectivity index (χ3v) is 6.72. The quantitative estimate of drug-likeness (QED) is 0.184. The van der Waals surface area contributed by atoms with Crippen molar-refractivity contribution < 1.29 is 66.7 Å². The summed E-state index contributed by atoms with van der Waals surface area (Å²) in [5.74, 6) is 1.93. The maximum absolute atomic E-state index is 12.8. The molecule has 0 radical (unpaired) electrons. The van der Waals surface area contributed by atoms with Crippen molar-refractivity contribution in [2.45, 2.75) is 57.9 Å². The minimum Gasteiger partial charge on any atom is -1.00 e. The molecule has 1 aromatic heterocycles. The number of quaternary nitrogens is 2. The number of rotatable bonds is 14. The molecule has 1 unspecified atom stereocenters. The van der Waals surface area contributed by atoms with Crippen molar-refractivity contribution >= 4 is 40.5 Å². The number of aliphatic imine (C=N–C) groups is 2. The Morgan fingerprint density at radius 1 is 1.12 bits per heavy atom. The molecule has 0 fully saturated rings. The smallest absolute Gasteiger partial charge is 0.271 e. The summed E-state index contributed by atoms with van der Waals surface area (Å²) in [7, 11) is 1.67. The summed E-state index contributed by atoms with van der Waals surface area (Å²) in [6.45, 7) is 2.56. The van der Waals surface area contributed by atoms with Gasteiger partial charge in [0.2, 0.25) is 23.0 Å². The number of pyridine rings is 1. The van der Waals surface area contributed by atoms with Crippen LogP contribution >= 0.6 is 0 Å². The molecule has 1 amide bonds. The lowest BCUT2D eigenvalue weighted by atomic mass is 10.0. The number of ketones is 1. The van der Waals surface area contributed by atoms with Gasteiger partial charge in [0.1, 0.15) is 30.0 Å². The van der Waals surface area contributed by atoms with Crippen LogP contribution in [0.15, 0.2) is 58.9 Å². The predicted octanol–water partition coefficient (Wildman–Crippen LogP) is -7.85. The van der Waals surface area contributed by atoms with E-state index in [1.807, 2.05) is 55.0 Å². The van der Waals surface area contributed by atoms with Crippen LogP contribution in [0.25, 0.3) is 16.6 Å². The first-order valence-electron chi connectivity index (χ1n) is 13.1. The molecule has 2 atom stereocenters. The van der Waals surface area contributed by atoms with Crippen LogP contribution in [-0.4, -0.2) is 43.6 Å². The van der Waals surface area contributed by atoms with Crippen LogP contribution in [0.2, 0.25) is 0 Å². The van der Waals surface area contributed by atoms with E-state index in [1.165, 1.54) is 0 Å². The Morgan fingerprint density at radius 2 is 1.93 bits per heavy atom. The number of fused-ring (bicyclic) bond motifs is 1. The summed E-state index contributed by atoms with van der Waals surface area (Å²) in [5.41, 5.74) is 2.82. The number of carbonyl (C=O) groups excluding carboxylic acids is 2.